The van der Waals surface area contributed by atoms with Crippen LogP contribution in [0.2, 0.25) is 0 Å². The molecule has 0 radical (unpaired) electrons. The lowest BCUT2D eigenvalue weighted by Gasteiger charge is -2.27. The fourth-order valence-corrected chi connectivity index (χ4v) is 2.32. The average Bonchev–Trinajstić information content (AvgIpc) is 2.97. The molecule has 1 fully saturated rings. The van der Waals surface area contributed by atoms with Gasteiger partial charge in [-0.25, -0.2) is 19.6 Å². The van der Waals surface area contributed by atoms with Gasteiger partial charge in [0.05, 0.1) is 0 Å². The van der Waals surface area contributed by atoms with Crippen molar-refractivity contribution in [3.8, 4) is 0 Å². The van der Waals surface area contributed by atoms with Gasteiger partial charge < -0.3 is 9.84 Å². The summed E-state index contributed by atoms with van der Waals surface area (Å²) in [5.41, 5.74) is 0.757. The van der Waals surface area contributed by atoms with Gasteiger partial charge in [-0.3, -0.25) is 4.79 Å². The molecule has 7 nitrogen and oxygen atoms in total. The number of hydrazine groups is 1. The van der Waals surface area contributed by atoms with Crippen molar-refractivity contribution in [3.63, 3.8) is 0 Å². The molecule has 1 aliphatic rings. The minimum absolute atomic E-state index is 0.0792. The maximum absolute atomic E-state index is 12.1. The van der Waals surface area contributed by atoms with Gasteiger partial charge in [0.25, 0.3) is 0 Å². The van der Waals surface area contributed by atoms with E-state index in [1.807, 2.05) is 6.07 Å². The monoisotopic (exact) mass is 306 g/mol. The predicted molar refractivity (Wildman–Crippen MR) is 76.8 cm³/mol. The summed E-state index contributed by atoms with van der Waals surface area (Å²) in [5.74, 6) is -1.49. The molecule has 1 aliphatic heterocycles. The Morgan fingerprint density at radius 1 is 1.18 bits per heavy atom. The van der Waals surface area contributed by atoms with E-state index in [0.29, 0.717) is 19.5 Å². The van der Waals surface area contributed by atoms with E-state index in [1.54, 1.807) is 24.3 Å². The van der Waals surface area contributed by atoms with E-state index in [-0.39, 0.29) is 12.3 Å². The number of ether oxygens (including phenoxy) is 1. The van der Waals surface area contributed by atoms with Crippen molar-refractivity contribution in [2.24, 2.45) is 0 Å². The molecule has 0 spiro atoms. The van der Waals surface area contributed by atoms with E-state index in [0.717, 1.165) is 10.6 Å². The van der Waals surface area contributed by atoms with Gasteiger partial charge in [-0.1, -0.05) is 30.3 Å². The fourth-order valence-electron chi connectivity index (χ4n) is 2.32. The largest absolute Gasteiger partial charge is 0.478 e. The molecule has 1 saturated heterocycles. The fraction of sp³-hybridized carbons (Fsp3) is 0.400. The molecule has 0 bridgehead atoms. The number of nitrogens with zero attached hydrogens (tertiary/aromatic N) is 2. The highest BCUT2D eigenvalue weighted by molar-refractivity contribution is 5.80. The number of amides is 2. The summed E-state index contributed by atoms with van der Waals surface area (Å²) in [6.07, 6.45) is -1.37. The first-order chi connectivity index (χ1) is 10.5. The Morgan fingerprint density at radius 2 is 1.82 bits per heavy atom. The Kier molecular flexibility index (Phi) is 4.98. The Bertz CT molecular complexity index is 560. The molecule has 0 aliphatic carbocycles. The quantitative estimate of drug-likeness (QED) is 0.905. The highest BCUT2D eigenvalue weighted by atomic mass is 16.6. The Balaban J connectivity index is 2.03. The molecule has 0 unspecified atom stereocenters. The third kappa shape index (κ3) is 3.75. The maximum atomic E-state index is 12.1. The molecular weight excluding hydrogens is 288 g/mol. The average molecular weight is 306 g/mol. The zero-order valence-corrected chi connectivity index (χ0v) is 12.3. The van der Waals surface area contributed by atoms with Crippen molar-refractivity contribution in [1.82, 2.24) is 10.0 Å². The molecule has 1 aromatic rings. The second kappa shape index (κ2) is 6.93. The summed E-state index contributed by atoms with van der Waals surface area (Å²) in [6, 6.07) is 8.92. The number of aliphatic carboxylic acids is 1. The minimum Gasteiger partial charge on any atom is -0.478 e. The van der Waals surface area contributed by atoms with Crippen LogP contribution in [-0.4, -0.2) is 52.3 Å². The van der Waals surface area contributed by atoms with Gasteiger partial charge in [-0.2, -0.15) is 0 Å². The van der Waals surface area contributed by atoms with Crippen LogP contribution in [0.5, 0.6) is 0 Å². The van der Waals surface area contributed by atoms with Crippen molar-refractivity contribution in [2.45, 2.75) is 25.9 Å². The third-order valence-corrected chi connectivity index (χ3v) is 3.39. The highest BCUT2D eigenvalue weighted by Crippen LogP contribution is 2.15. The highest BCUT2D eigenvalue weighted by Gasteiger charge is 2.33. The normalized spacial score (nSPS) is 15.5. The van der Waals surface area contributed by atoms with Gasteiger partial charge in [0.1, 0.15) is 0 Å². The van der Waals surface area contributed by atoms with Crippen LogP contribution >= 0.6 is 0 Å². The molecule has 1 atom stereocenters. The van der Waals surface area contributed by atoms with E-state index in [4.69, 9.17) is 4.74 Å². The van der Waals surface area contributed by atoms with Crippen molar-refractivity contribution < 1.29 is 24.2 Å². The molecule has 1 aromatic carbocycles. The first kappa shape index (κ1) is 15.8. The summed E-state index contributed by atoms with van der Waals surface area (Å²) in [7, 11) is 0. The number of hydrogen-bond acceptors (Lipinski definition) is 4. The lowest BCUT2D eigenvalue weighted by Crippen LogP contribution is -2.46. The topological polar surface area (TPSA) is 87.2 Å². The Morgan fingerprint density at radius 3 is 2.41 bits per heavy atom. The zero-order valence-electron chi connectivity index (χ0n) is 12.3. The summed E-state index contributed by atoms with van der Waals surface area (Å²) in [4.78, 5) is 34.8. The van der Waals surface area contributed by atoms with E-state index in [9.17, 15) is 19.5 Å². The predicted octanol–water partition coefficient (Wildman–Crippen LogP) is 1.29. The molecular formula is C15H18N2O5. The van der Waals surface area contributed by atoms with Crippen molar-refractivity contribution in [1.29, 1.82) is 0 Å². The summed E-state index contributed by atoms with van der Waals surface area (Å²) in [5, 5.41) is 11.6. The first-order valence-corrected chi connectivity index (χ1v) is 7.02. The molecule has 2 rings (SSSR count). The van der Waals surface area contributed by atoms with Crippen LogP contribution in [0.4, 0.5) is 4.79 Å². The number of hydrogen-bond donors (Lipinski definition) is 1. The number of carbonyl (C=O) groups excluding carboxylic acids is 2. The van der Waals surface area contributed by atoms with Crippen LogP contribution < -0.4 is 0 Å². The molecule has 0 aromatic heterocycles. The third-order valence-electron chi connectivity index (χ3n) is 3.39. The smallest absolute Gasteiger partial charge is 0.429 e. The van der Waals surface area contributed by atoms with Gasteiger partial charge >= 0.3 is 12.1 Å². The second-order valence-electron chi connectivity index (χ2n) is 5.02. The van der Waals surface area contributed by atoms with E-state index in [1.165, 1.54) is 11.9 Å². The Hall–Kier alpha value is -2.57. The summed E-state index contributed by atoms with van der Waals surface area (Å²) >= 11 is 0. The molecule has 118 valence electrons. The number of benzene rings is 1. The molecule has 22 heavy (non-hydrogen) atoms. The van der Waals surface area contributed by atoms with Gasteiger partial charge in [0.15, 0.2) is 0 Å². The number of carboxylic acids is 1. The SMILES string of the molecule is CC(=O)N1CCCN1C(=O)O[C@@H](Cc1ccccc1)C(=O)O. The van der Waals surface area contributed by atoms with E-state index in [2.05, 4.69) is 0 Å². The second-order valence-corrected chi connectivity index (χ2v) is 5.02. The molecule has 7 heteroatoms. The summed E-state index contributed by atoms with van der Waals surface area (Å²) < 4.78 is 5.07. The van der Waals surface area contributed by atoms with Crippen LogP contribution in [0, 0.1) is 0 Å². The van der Waals surface area contributed by atoms with Crippen LogP contribution in [0.1, 0.15) is 18.9 Å². The minimum atomic E-state index is -1.29. The standard InChI is InChI=1S/C15H18N2O5/c1-11(18)16-8-5-9-17(16)15(21)22-13(14(19)20)10-12-6-3-2-4-7-12/h2-4,6-7,13H,5,8-10H2,1H3,(H,19,20)/t13-/m0/s1. The van der Waals surface area contributed by atoms with Crippen LogP contribution in [0.25, 0.3) is 0 Å². The number of carboxylic acid groups (broad SMARTS) is 1. The lowest BCUT2D eigenvalue weighted by atomic mass is 10.1. The maximum Gasteiger partial charge on any atom is 0.429 e. The number of carbonyl (C=O) groups is 3. The molecule has 0 saturated carbocycles. The van der Waals surface area contributed by atoms with Crippen LogP contribution in [-0.2, 0) is 20.7 Å². The molecule has 2 amide bonds. The van der Waals surface area contributed by atoms with Crippen molar-refractivity contribution in [2.75, 3.05) is 13.1 Å². The zero-order chi connectivity index (χ0) is 16.1. The van der Waals surface area contributed by atoms with Gasteiger partial charge in [0.2, 0.25) is 12.0 Å². The van der Waals surface area contributed by atoms with Crippen molar-refractivity contribution >= 4 is 18.0 Å². The van der Waals surface area contributed by atoms with Gasteiger partial charge in [0, 0.05) is 26.4 Å². The molecule has 1 heterocycles. The molecule has 1 N–H and O–H groups in total. The first-order valence-electron chi connectivity index (χ1n) is 7.02. The van der Waals surface area contributed by atoms with Gasteiger partial charge in [-0.05, 0) is 12.0 Å². The lowest BCUT2D eigenvalue weighted by molar-refractivity contribution is -0.149. The van der Waals surface area contributed by atoms with Gasteiger partial charge in [-0.15, -0.1) is 0 Å². The van der Waals surface area contributed by atoms with E-state index >= 15 is 0 Å². The van der Waals surface area contributed by atoms with E-state index < -0.39 is 18.2 Å². The summed E-state index contributed by atoms with van der Waals surface area (Å²) in [6.45, 7) is 2.13. The van der Waals surface area contributed by atoms with Crippen LogP contribution in [0.15, 0.2) is 30.3 Å². The van der Waals surface area contributed by atoms with Crippen LogP contribution in [0.3, 0.4) is 0 Å². The van der Waals surface area contributed by atoms with Crippen molar-refractivity contribution in [3.05, 3.63) is 35.9 Å². The number of rotatable bonds is 4. The Labute approximate surface area is 128 Å².